The highest BCUT2D eigenvalue weighted by Gasteiger charge is 2.32. The molecule has 0 spiro atoms. The van der Waals surface area contributed by atoms with Crippen LogP contribution in [0.5, 0.6) is 5.75 Å². The maximum atomic E-state index is 12.8. The van der Waals surface area contributed by atoms with Crippen LogP contribution in [-0.4, -0.2) is 49.2 Å². The Morgan fingerprint density at radius 3 is 3.04 bits per heavy atom. The molecule has 2 aliphatic heterocycles. The smallest absolute Gasteiger partial charge is 0.407 e. The molecule has 1 fully saturated rings. The number of nitrogens with one attached hydrogen (secondary N) is 1. The summed E-state index contributed by atoms with van der Waals surface area (Å²) in [4.78, 5) is 26.2. The minimum atomic E-state index is -0.410. The third-order valence-corrected chi connectivity index (χ3v) is 4.56. The van der Waals surface area contributed by atoms with Gasteiger partial charge in [-0.15, -0.1) is 0 Å². The third-order valence-electron chi connectivity index (χ3n) is 4.56. The van der Waals surface area contributed by atoms with Gasteiger partial charge in [0.05, 0.1) is 12.5 Å². The molecular formula is C18H24N2O4. The summed E-state index contributed by atoms with van der Waals surface area (Å²) >= 11 is 0. The van der Waals surface area contributed by atoms with Crippen LogP contribution in [0.2, 0.25) is 0 Å². The number of carbonyl (C=O) groups excluding carboxylic acids is 2. The standard InChI is InChI=1S/C18H24N2O4/c1-2-23-18(22)19-15-7-5-9-20(11-15)17(21)14-10-13-6-3-4-8-16(13)24-12-14/h3-4,6,8,14-15H,2,5,7,9-12H2,1H3,(H,19,22)/t14-,15+/m0/s1. The Hall–Kier alpha value is -2.24. The van der Waals surface area contributed by atoms with Crippen LogP contribution in [0.25, 0.3) is 0 Å². The van der Waals surface area contributed by atoms with Gasteiger partial charge in [0.2, 0.25) is 5.91 Å². The fraction of sp³-hybridized carbons (Fsp3) is 0.556. The Morgan fingerprint density at radius 2 is 2.21 bits per heavy atom. The van der Waals surface area contributed by atoms with Crippen molar-refractivity contribution in [2.24, 2.45) is 5.92 Å². The molecule has 0 bridgehead atoms. The van der Waals surface area contributed by atoms with E-state index in [-0.39, 0.29) is 17.9 Å². The molecule has 2 aliphatic rings. The molecule has 2 atom stereocenters. The summed E-state index contributed by atoms with van der Waals surface area (Å²) in [6.45, 7) is 3.81. The zero-order chi connectivity index (χ0) is 16.9. The minimum Gasteiger partial charge on any atom is -0.492 e. The van der Waals surface area contributed by atoms with E-state index >= 15 is 0 Å². The number of hydrogen-bond donors (Lipinski definition) is 1. The van der Waals surface area contributed by atoms with Crippen molar-refractivity contribution >= 4 is 12.0 Å². The van der Waals surface area contributed by atoms with Gasteiger partial charge in [-0.25, -0.2) is 4.79 Å². The quantitative estimate of drug-likeness (QED) is 0.919. The lowest BCUT2D eigenvalue weighted by atomic mass is 9.94. The lowest BCUT2D eigenvalue weighted by Crippen LogP contribution is -2.52. The number of fused-ring (bicyclic) bond motifs is 1. The van der Waals surface area contributed by atoms with Crippen LogP contribution in [0, 0.1) is 5.92 Å². The Bertz CT molecular complexity index is 604. The second-order valence-corrected chi connectivity index (χ2v) is 6.31. The summed E-state index contributed by atoms with van der Waals surface area (Å²) in [6.07, 6.45) is 2.05. The highest BCUT2D eigenvalue weighted by Crippen LogP contribution is 2.28. The van der Waals surface area contributed by atoms with Crippen LogP contribution < -0.4 is 10.1 Å². The van der Waals surface area contributed by atoms with Crippen molar-refractivity contribution in [2.75, 3.05) is 26.3 Å². The van der Waals surface area contributed by atoms with Crippen LogP contribution in [0.3, 0.4) is 0 Å². The van der Waals surface area contributed by atoms with Crippen molar-refractivity contribution in [3.8, 4) is 5.75 Å². The molecule has 1 aromatic carbocycles. The summed E-state index contributed by atoms with van der Waals surface area (Å²) in [5.74, 6) is 0.836. The molecule has 0 unspecified atom stereocenters. The molecule has 0 aromatic heterocycles. The third kappa shape index (κ3) is 3.80. The first-order valence-corrected chi connectivity index (χ1v) is 8.60. The van der Waals surface area contributed by atoms with E-state index < -0.39 is 6.09 Å². The van der Waals surface area contributed by atoms with Crippen molar-refractivity contribution in [1.29, 1.82) is 0 Å². The van der Waals surface area contributed by atoms with Crippen molar-refractivity contribution in [1.82, 2.24) is 10.2 Å². The van der Waals surface area contributed by atoms with E-state index in [0.717, 1.165) is 30.7 Å². The average Bonchev–Trinajstić information content (AvgIpc) is 2.61. The van der Waals surface area contributed by atoms with E-state index in [1.54, 1.807) is 6.92 Å². The average molecular weight is 332 g/mol. The molecule has 6 nitrogen and oxygen atoms in total. The maximum Gasteiger partial charge on any atom is 0.407 e. The van der Waals surface area contributed by atoms with Gasteiger partial charge in [-0.3, -0.25) is 4.79 Å². The van der Waals surface area contributed by atoms with E-state index in [9.17, 15) is 9.59 Å². The van der Waals surface area contributed by atoms with E-state index in [1.165, 1.54) is 0 Å². The summed E-state index contributed by atoms with van der Waals surface area (Å²) in [5.41, 5.74) is 1.08. The number of para-hydroxylation sites is 1. The lowest BCUT2D eigenvalue weighted by Gasteiger charge is -2.36. The van der Waals surface area contributed by atoms with Gasteiger partial charge in [-0.1, -0.05) is 18.2 Å². The Morgan fingerprint density at radius 1 is 1.38 bits per heavy atom. The molecule has 0 aliphatic carbocycles. The summed E-state index contributed by atoms with van der Waals surface area (Å²) in [7, 11) is 0. The number of ether oxygens (including phenoxy) is 2. The first-order chi connectivity index (χ1) is 11.7. The number of piperidine rings is 1. The van der Waals surface area contributed by atoms with Gasteiger partial charge < -0.3 is 19.7 Å². The van der Waals surface area contributed by atoms with Gasteiger partial charge in [-0.05, 0) is 37.8 Å². The number of amides is 2. The summed E-state index contributed by atoms with van der Waals surface area (Å²) < 4.78 is 10.7. The largest absolute Gasteiger partial charge is 0.492 e. The normalized spacial score (nSPS) is 23.0. The number of likely N-dealkylation sites (tertiary alicyclic amines) is 1. The van der Waals surface area contributed by atoms with Crippen molar-refractivity contribution in [3.63, 3.8) is 0 Å². The first kappa shape index (κ1) is 16.6. The molecule has 2 amide bonds. The second kappa shape index (κ2) is 7.55. The van der Waals surface area contributed by atoms with Crippen LogP contribution in [0.15, 0.2) is 24.3 Å². The molecule has 0 saturated carbocycles. The fourth-order valence-electron chi connectivity index (χ4n) is 3.38. The zero-order valence-electron chi connectivity index (χ0n) is 14.0. The van der Waals surface area contributed by atoms with Crippen LogP contribution >= 0.6 is 0 Å². The highest BCUT2D eigenvalue weighted by atomic mass is 16.5. The SMILES string of the molecule is CCOC(=O)N[C@@H]1CCCN(C(=O)[C@@H]2COc3ccccc3C2)C1. The van der Waals surface area contributed by atoms with E-state index in [0.29, 0.717) is 26.2 Å². The molecule has 6 heteroatoms. The number of hydrogen-bond acceptors (Lipinski definition) is 4. The second-order valence-electron chi connectivity index (χ2n) is 6.31. The maximum absolute atomic E-state index is 12.8. The number of carbonyl (C=O) groups is 2. The van der Waals surface area contributed by atoms with Gasteiger partial charge in [0, 0.05) is 19.1 Å². The molecule has 1 aromatic rings. The lowest BCUT2D eigenvalue weighted by molar-refractivity contribution is -0.138. The molecule has 1 saturated heterocycles. The monoisotopic (exact) mass is 332 g/mol. The predicted octanol–water partition coefficient (Wildman–Crippen LogP) is 1.97. The van der Waals surface area contributed by atoms with Crippen LogP contribution in [-0.2, 0) is 16.0 Å². The fourth-order valence-corrected chi connectivity index (χ4v) is 3.38. The first-order valence-electron chi connectivity index (χ1n) is 8.60. The summed E-state index contributed by atoms with van der Waals surface area (Å²) in [6, 6.07) is 7.82. The van der Waals surface area contributed by atoms with Gasteiger partial charge in [-0.2, -0.15) is 0 Å². The van der Waals surface area contributed by atoms with Gasteiger partial charge in [0.25, 0.3) is 0 Å². The minimum absolute atomic E-state index is 0.0430. The van der Waals surface area contributed by atoms with Gasteiger partial charge >= 0.3 is 6.09 Å². The topological polar surface area (TPSA) is 67.9 Å². The highest BCUT2D eigenvalue weighted by molar-refractivity contribution is 5.80. The Kier molecular flexibility index (Phi) is 5.23. The van der Waals surface area contributed by atoms with Gasteiger partial charge in [0.15, 0.2) is 0 Å². The van der Waals surface area contributed by atoms with Crippen LogP contribution in [0.1, 0.15) is 25.3 Å². The van der Waals surface area contributed by atoms with Crippen molar-refractivity contribution < 1.29 is 19.1 Å². The number of nitrogens with zero attached hydrogens (tertiary/aromatic N) is 1. The van der Waals surface area contributed by atoms with E-state index in [2.05, 4.69) is 5.32 Å². The van der Waals surface area contributed by atoms with Gasteiger partial charge in [0.1, 0.15) is 12.4 Å². The van der Waals surface area contributed by atoms with E-state index in [4.69, 9.17) is 9.47 Å². The molecule has 2 heterocycles. The Labute approximate surface area is 142 Å². The van der Waals surface area contributed by atoms with E-state index in [1.807, 2.05) is 29.2 Å². The number of benzene rings is 1. The summed E-state index contributed by atoms with van der Waals surface area (Å²) in [5, 5.41) is 2.84. The molecular weight excluding hydrogens is 308 g/mol. The predicted molar refractivity (Wildman–Crippen MR) is 88.9 cm³/mol. The molecule has 1 N–H and O–H groups in total. The molecule has 0 radical (unpaired) electrons. The van der Waals surface area contributed by atoms with Crippen molar-refractivity contribution in [3.05, 3.63) is 29.8 Å². The van der Waals surface area contributed by atoms with Crippen LogP contribution in [0.4, 0.5) is 4.79 Å². The Balaban J connectivity index is 1.58. The zero-order valence-corrected chi connectivity index (χ0v) is 14.0. The molecule has 24 heavy (non-hydrogen) atoms. The number of rotatable bonds is 3. The molecule has 3 rings (SSSR count). The number of alkyl carbamates (subject to hydrolysis) is 1. The molecule has 130 valence electrons. The van der Waals surface area contributed by atoms with Crippen molar-refractivity contribution in [2.45, 2.75) is 32.2 Å².